The van der Waals surface area contributed by atoms with E-state index in [4.69, 9.17) is 4.74 Å². The maximum atomic E-state index is 12.8. The average Bonchev–Trinajstić information content (AvgIpc) is 2.89. The van der Waals surface area contributed by atoms with Gasteiger partial charge in [-0.3, -0.25) is 0 Å². The number of hydrogen-bond donors (Lipinski definition) is 1. The van der Waals surface area contributed by atoms with Gasteiger partial charge in [0.15, 0.2) is 0 Å². The van der Waals surface area contributed by atoms with Crippen LogP contribution in [0.4, 0.5) is 0 Å². The molecule has 1 aromatic rings. The van der Waals surface area contributed by atoms with Gasteiger partial charge in [0, 0.05) is 31.6 Å². The van der Waals surface area contributed by atoms with Crippen molar-refractivity contribution in [1.82, 2.24) is 9.62 Å². The van der Waals surface area contributed by atoms with Crippen molar-refractivity contribution in [2.24, 2.45) is 5.92 Å². The number of ether oxygens (including phenoxy) is 1. The lowest BCUT2D eigenvalue weighted by molar-refractivity contribution is 0.118. The molecule has 1 fully saturated rings. The predicted molar refractivity (Wildman–Crippen MR) is 80.4 cm³/mol. The van der Waals surface area contributed by atoms with Crippen molar-refractivity contribution >= 4 is 21.4 Å². The minimum atomic E-state index is -3.37. The molecule has 2 rings (SSSR count). The molecule has 1 aromatic heterocycles. The van der Waals surface area contributed by atoms with E-state index >= 15 is 0 Å². The van der Waals surface area contributed by atoms with E-state index in [0.717, 1.165) is 17.7 Å². The number of nitrogens with zero attached hydrogens (tertiary/aromatic N) is 1. The molecule has 0 spiro atoms. The van der Waals surface area contributed by atoms with Crippen LogP contribution in [0, 0.1) is 5.92 Å². The lowest BCUT2D eigenvalue weighted by Crippen LogP contribution is -2.41. The van der Waals surface area contributed by atoms with Crippen molar-refractivity contribution in [1.29, 1.82) is 0 Å². The Hall–Kier alpha value is -0.470. The Morgan fingerprint density at radius 1 is 1.55 bits per heavy atom. The normalized spacial score (nSPS) is 21.2. The van der Waals surface area contributed by atoms with Crippen molar-refractivity contribution in [2.45, 2.75) is 24.3 Å². The molecular weight excluding hydrogens is 296 g/mol. The summed E-state index contributed by atoms with van der Waals surface area (Å²) in [4.78, 5) is 1.33. The Bertz CT molecular complexity index is 525. The third kappa shape index (κ3) is 3.40. The molecule has 5 nitrogen and oxygen atoms in total. The molecule has 0 saturated carbocycles. The highest BCUT2D eigenvalue weighted by Gasteiger charge is 2.32. The third-order valence-electron chi connectivity index (χ3n) is 3.54. The Labute approximate surface area is 125 Å². The van der Waals surface area contributed by atoms with Crippen LogP contribution in [0.15, 0.2) is 16.3 Å². The Morgan fingerprint density at radius 2 is 2.35 bits per heavy atom. The fourth-order valence-electron chi connectivity index (χ4n) is 2.60. The number of piperidine rings is 1. The summed E-state index contributed by atoms with van der Waals surface area (Å²) >= 11 is 1.48. The zero-order valence-corrected chi connectivity index (χ0v) is 13.6. The quantitative estimate of drug-likeness (QED) is 0.864. The van der Waals surface area contributed by atoms with Crippen LogP contribution in [0.1, 0.15) is 17.7 Å². The van der Waals surface area contributed by atoms with Crippen LogP contribution in [0.2, 0.25) is 0 Å². The standard InChI is InChI=1S/C13H22N2O3S2/c1-14-8-12-13(5-7-19-12)20(16,17)15-6-3-4-11(9-15)10-18-2/h5,7,11,14H,3-4,6,8-10H2,1-2H3. The van der Waals surface area contributed by atoms with Crippen LogP contribution in [0.3, 0.4) is 0 Å². The maximum Gasteiger partial charge on any atom is 0.244 e. The molecule has 114 valence electrons. The fourth-order valence-corrected chi connectivity index (χ4v) is 5.59. The van der Waals surface area contributed by atoms with Gasteiger partial charge in [-0.05, 0) is 37.3 Å². The van der Waals surface area contributed by atoms with Crippen molar-refractivity contribution in [2.75, 3.05) is 33.9 Å². The molecule has 0 radical (unpaired) electrons. The van der Waals surface area contributed by atoms with Gasteiger partial charge in [-0.1, -0.05) is 0 Å². The van der Waals surface area contributed by atoms with Gasteiger partial charge >= 0.3 is 0 Å². The van der Waals surface area contributed by atoms with E-state index in [1.165, 1.54) is 11.3 Å². The first-order chi connectivity index (χ1) is 9.59. The van der Waals surface area contributed by atoms with Gasteiger partial charge in [-0.25, -0.2) is 8.42 Å². The molecule has 0 bridgehead atoms. The summed E-state index contributed by atoms with van der Waals surface area (Å²) in [6.45, 7) is 2.38. The molecule has 0 aliphatic carbocycles. The minimum absolute atomic E-state index is 0.301. The van der Waals surface area contributed by atoms with Crippen molar-refractivity contribution in [3.63, 3.8) is 0 Å². The number of hydrogen-bond acceptors (Lipinski definition) is 5. The SMILES string of the molecule is CNCc1sccc1S(=O)(=O)N1CCCC(COC)C1. The highest BCUT2D eigenvalue weighted by atomic mass is 32.2. The molecular formula is C13H22N2O3S2. The predicted octanol–water partition coefficient (Wildman–Crippen LogP) is 1.51. The van der Waals surface area contributed by atoms with Crippen LogP contribution in [0.25, 0.3) is 0 Å². The molecule has 2 heterocycles. The highest BCUT2D eigenvalue weighted by Crippen LogP contribution is 2.28. The van der Waals surface area contributed by atoms with Gasteiger partial charge in [-0.15, -0.1) is 11.3 Å². The lowest BCUT2D eigenvalue weighted by atomic mass is 10.0. The zero-order valence-electron chi connectivity index (χ0n) is 12.0. The molecule has 1 aliphatic heterocycles. The smallest absolute Gasteiger partial charge is 0.244 e. The topological polar surface area (TPSA) is 58.6 Å². The second-order valence-electron chi connectivity index (χ2n) is 5.07. The summed E-state index contributed by atoms with van der Waals surface area (Å²) in [5, 5.41) is 4.87. The molecule has 1 N–H and O–H groups in total. The molecule has 1 atom stereocenters. The second kappa shape index (κ2) is 7.00. The van der Waals surface area contributed by atoms with Gasteiger partial charge in [0.2, 0.25) is 10.0 Å². The molecule has 1 saturated heterocycles. The van der Waals surface area contributed by atoms with E-state index in [-0.39, 0.29) is 0 Å². The van der Waals surface area contributed by atoms with Gasteiger partial charge in [0.1, 0.15) is 0 Å². The number of thiophene rings is 1. The second-order valence-corrected chi connectivity index (χ2v) is 7.97. The number of methoxy groups -OCH3 is 1. The van der Waals surface area contributed by atoms with Crippen molar-refractivity contribution in [3.8, 4) is 0 Å². The zero-order chi connectivity index (χ0) is 14.6. The summed E-state index contributed by atoms with van der Waals surface area (Å²) in [6, 6.07) is 1.71. The third-order valence-corrected chi connectivity index (χ3v) is 6.54. The van der Waals surface area contributed by atoms with Crippen LogP contribution in [-0.4, -0.2) is 46.6 Å². The van der Waals surface area contributed by atoms with Crippen LogP contribution in [-0.2, 0) is 21.3 Å². The van der Waals surface area contributed by atoms with Crippen LogP contribution < -0.4 is 5.32 Å². The lowest BCUT2D eigenvalue weighted by Gasteiger charge is -2.31. The highest BCUT2D eigenvalue weighted by molar-refractivity contribution is 7.89. The summed E-state index contributed by atoms with van der Waals surface area (Å²) in [5.74, 6) is 0.301. The molecule has 7 heteroatoms. The minimum Gasteiger partial charge on any atom is -0.384 e. The van der Waals surface area contributed by atoms with E-state index in [9.17, 15) is 8.42 Å². The van der Waals surface area contributed by atoms with E-state index in [1.807, 2.05) is 12.4 Å². The first-order valence-corrected chi connectivity index (χ1v) is 9.11. The number of sulfonamides is 1. The van der Waals surface area contributed by atoms with Gasteiger partial charge in [0.25, 0.3) is 0 Å². The molecule has 0 amide bonds. The first kappa shape index (κ1) is 15.9. The monoisotopic (exact) mass is 318 g/mol. The molecule has 0 aromatic carbocycles. The van der Waals surface area contributed by atoms with E-state index in [1.54, 1.807) is 17.5 Å². The van der Waals surface area contributed by atoms with Crippen LogP contribution in [0.5, 0.6) is 0 Å². The number of rotatable bonds is 6. The van der Waals surface area contributed by atoms with Crippen molar-refractivity contribution in [3.05, 3.63) is 16.3 Å². The summed E-state index contributed by atoms with van der Waals surface area (Å²) in [5.41, 5.74) is 0. The van der Waals surface area contributed by atoms with Gasteiger partial charge in [0.05, 0.1) is 11.5 Å². The first-order valence-electron chi connectivity index (χ1n) is 6.79. The summed E-state index contributed by atoms with van der Waals surface area (Å²) in [6.07, 6.45) is 1.94. The average molecular weight is 318 g/mol. The largest absolute Gasteiger partial charge is 0.384 e. The summed E-state index contributed by atoms with van der Waals surface area (Å²) in [7, 11) is 0.114. The number of nitrogens with one attached hydrogen (secondary N) is 1. The Balaban J connectivity index is 2.18. The van der Waals surface area contributed by atoms with E-state index in [0.29, 0.717) is 37.1 Å². The fraction of sp³-hybridized carbons (Fsp3) is 0.692. The maximum absolute atomic E-state index is 12.8. The molecule has 1 unspecified atom stereocenters. The van der Waals surface area contributed by atoms with Gasteiger partial charge < -0.3 is 10.1 Å². The van der Waals surface area contributed by atoms with Gasteiger partial charge in [-0.2, -0.15) is 4.31 Å². The Kier molecular flexibility index (Phi) is 5.57. The Morgan fingerprint density at radius 3 is 3.05 bits per heavy atom. The van der Waals surface area contributed by atoms with Crippen molar-refractivity contribution < 1.29 is 13.2 Å². The van der Waals surface area contributed by atoms with Crippen LogP contribution >= 0.6 is 11.3 Å². The molecule has 20 heavy (non-hydrogen) atoms. The van der Waals surface area contributed by atoms with E-state index in [2.05, 4.69) is 5.32 Å². The van der Waals surface area contributed by atoms with E-state index < -0.39 is 10.0 Å². The summed E-state index contributed by atoms with van der Waals surface area (Å²) < 4.78 is 32.3. The molecule has 1 aliphatic rings.